The highest BCUT2D eigenvalue weighted by Crippen LogP contribution is 2.15. The second-order valence-electron chi connectivity index (χ2n) is 15.4. The van der Waals surface area contributed by atoms with E-state index < -0.39 is 18.2 Å². The highest BCUT2D eigenvalue weighted by molar-refractivity contribution is 5.78. The lowest BCUT2D eigenvalue weighted by Crippen LogP contribution is -2.46. The number of hydrogen-bond donors (Lipinski definition) is 3. The van der Waals surface area contributed by atoms with Crippen LogP contribution in [0.1, 0.15) is 207 Å². The van der Waals surface area contributed by atoms with Gasteiger partial charge in [-0.2, -0.15) is 0 Å². The Morgan fingerprint density at radius 2 is 1.00 bits per heavy atom. The van der Waals surface area contributed by atoms with Crippen molar-refractivity contribution in [3.63, 3.8) is 0 Å². The lowest BCUT2D eigenvalue weighted by molar-refractivity contribution is -0.148. The number of aliphatic hydroxyl groups is 2. The summed E-state index contributed by atoms with van der Waals surface area (Å²) >= 11 is 0. The number of unbranched alkanes of at least 4 members (excludes halogenated alkanes) is 18. The summed E-state index contributed by atoms with van der Waals surface area (Å²) in [5.41, 5.74) is 0. The van der Waals surface area contributed by atoms with Crippen molar-refractivity contribution >= 4 is 11.9 Å². The Hall–Kier alpha value is -2.70. The van der Waals surface area contributed by atoms with Gasteiger partial charge in [-0.3, -0.25) is 9.59 Å². The zero-order valence-electron chi connectivity index (χ0n) is 36.5. The molecular formula is C50H87NO5. The van der Waals surface area contributed by atoms with Gasteiger partial charge < -0.3 is 20.3 Å². The molecule has 0 aliphatic carbocycles. The number of aliphatic hydroxyl groups excluding tert-OH is 2. The number of ether oxygens (including phenoxy) is 1. The summed E-state index contributed by atoms with van der Waals surface area (Å²) in [5.74, 6) is -0.645. The van der Waals surface area contributed by atoms with E-state index in [1.54, 1.807) is 6.08 Å². The number of carbonyl (C=O) groups is 2. The van der Waals surface area contributed by atoms with Gasteiger partial charge in [-0.25, -0.2) is 0 Å². The van der Waals surface area contributed by atoms with Crippen LogP contribution in [-0.2, 0) is 14.3 Å². The first-order valence-electron chi connectivity index (χ1n) is 23.2. The first-order chi connectivity index (χ1) is 27.5. The third-order valence-corrected chi connectivity index (χ3v) is 10.0. The van der Waals surface area contributed by atoms with Crippen molar-refractivity contribution in [1.82, 2.24) is 5.32 Å². The molecule has 0 heterocycles. The van der Waals surface area contributed by atoms with Gasteiger partial charge in [0.15, 0.2) is 0 Å². The molecule has 0 saturated carbocycles. The Kier molecular flexibility index (Phi) is 41.3. The third kappa shape index (κ3) is 38.2. The number of allylic oxidation sites excluding steroid dienone is 11. The van der Waals surface area contributed by atoms with E-state index in [0.29, 0.717) is 19.3 Å². The van der Waals surface area contributed by atoms with Gasteiger partial charge in [-0.1, -0.05) is 190 Å². The van der Waals surface area contributed by atoms with Crippen molar-refractivity contribution in [2.24, 2.45) is 0 Å². The molecule has 0 aromatic heterocycles. The molecule has 56 heavy (non-hydrogen) atoms. The average molecular weight is 782 g/mol. The minimum Gasteiger partial charge on any atom is -0.458 e. The summed E-state index contributed by atoms with van der Waals surface area (Å²) in [6, 6.07) is -0.744. The summed E-state index contributed by atoms with van der Waals surface area (Å²) in [4.78, 5) is 25.9. The van der Waals surface area contributed by atoms with Gasteiger partial charge >= 0.3 is 5.97 Å². The highest BCUT2D eigenvalue weighted by Gasteiger charge is 2.23. The van der Waals surface area contributed by atoms with Crippen molar-refractivity contribution in [3.05, 3.63) is 72.9 Å². The van der Waals surface area contributed by atoms with Gasteiger partial charge in [-0.05, 0) is 76.7 Å². The van der Waals surface area contributed by atoms with Gasteiger partial charge in [0.25, 0.3) is 0 Å². The lowest BCUT2D eigenvalue weighted by Gasteiger charge is -2.23. The monoisotopic (exact) mass is 782 g/mol. The topological polar surface area (TPSA) is 95.9 Å². The van der Waals surface area contributed by atoms with E-state index in [4.69, 9.17) is 4.74 Å². The molecule has 0 aliphatic rings. The molecule has 3 N–H and O–H groups in total. The number of carbonyl (C=O) groups excluding carboxylic acids is 2. The molecule has 0 aromatic carbocycles. The fraction of sp³-hybridized carbons (Fsp3) is 0.720. The van der Waals surface area contributed by atoms with Crippen molar-refractivity contribution in [3.8, 4) is 0 Å². The van der Waals surface area contributed by atoms with Crippen LogP contribution in [0.4, 0.5) is 0 Å². The Balaban J connectivity index is 4.80. The summed E-state index contributed by atoms with van der Waals surface area (Å²) in [6.45, 7) is 6.28. The summed E-state index contributed by atoms with van der Waals surface area (Å²) in [6.07, 6.45) is 54.2. The van der Waals surface area contributed by atoms with E-state index in [9.17, 15) is 19.8 Å². The van der Waals surface area contributed by atoms with Crippen LogP contribution in [0, 0.1) is 0 Å². The summed E-state index contributed by atoms with van der Waals surface area (Å²) in [5, 5.41) is 23.6. The Labute approximate surface area is 345 Å². The van der Waals surface area contributed by atoms with Gasteiger partial charge in [0.05, 0.1) is 25.2 Å². The largest absolute Gasteiger partial charge is 0.458 e. The van der Waals surface area contributed by atoms with Crippen LogP contribution in [0.15, 0.2) is 72.9 Å². The second-order valence-corrected chi connectivity index (χ2v) is 15.4. The van der Waals surface area contributed by atoms with Crippen LogP contribution in [0.3, 0.4) is 0 Å². The molecular weight excluding hydrogens is 695 g/mol. The van der Waals surface area contributed by atoms with Gasteiger partial charge in [0, 0.05) is 6.42 Å². The molecule has 0 fully saturated rings. The van der Waals surface area contributed by atoms with Crippen LogP contribution in [0.5, 0.6) is 0 Å². The first kappa shape index (κ1) is 53.3. The Morgan fingerprint density at radius 1 is 0.554 bits per heavy atom. The molecule has 1 amide bonds. The van der Waals surface area contributed by atoms with Crippen LogP contribution < -0.4 is 5.32 Å². The molecule has 3 unspecified atom stereocenters. The smallest absolute Gasteiger partial charge is 0.306 e. The zero-order valence-corrected chi connectivity index (χ0v) is 36.5. The normalized spacial score (nSPS) is 14.0. The maximum Gasteiger partial charge on any atom is 0.306 e. The molecule has 0 aliphatic heterocycles. The van der Waals surface area contributed by atoms with E-state index in [1.165, 1.54) is 83.5 Å². The minimum atomic E-state index is -0.820. The number of amides is 1. The summed E-state index contributed by atoms with van der Waals surface area (Å²) in [7, 11) is 0. The fourth-order valence-corrected chi connectivity index (χ4v) is 6.50. The standard InChI is InChI=1S/C50H87NO5/c1-4-7-10-13-16-19-22-24-25-27-29-32-35-38-41-46(56-50(55)43-40-37-34-31-28-23-20-17-14-11-8-5-2)44-49(54)51-47(45-52)48(53)42-39-36-33-30-26-21-18-15-12-9-6-3/h7,10,16-17,19-20,24-25,29,32,38,41,46-48,52-53H,4-6,8-9,11-15,18,21-23,26-28,30-31,33-37,39-40,42-45H2,1-3H3,(H,51,54)/b10-7+,19-16+,20-17-,25-24+,32-29+,41-38+. The SMILES string of the molecule is CC/C=C/C/C=C/C/C=C/C/C=C/C/C=C/C(CC(=O)NC(CO)C(O)CCCCCCCCCCCCC)OC(=O)CCCCCCC/C=C\CCCCC. The van der Waals surface area contributed by atoms with Gasteiger partial charge in [0.1, 0.15) is 6.10 Å². The van der Waals surface area contributed by atoms with E-state index in [2.05, 4.69) is 86.8 Å². The third-order valence-electron chi connectivity index (χ3n) is 10.0. The molecule has 0 spiro atoms. The maximum atomic E-state index is 13.1. The Morgan fingerprint density at radius 3 is 1.54 bits per heavy atom. The number of esters is 1. The summed E-state index contributed by atoms with van der Waals surface area (Å²) < 4.78 is 5.79. The van der Waals surface area contributed by atoms with Gasteiger partial charge in [-0.15, -0.1) is 0 Å². The molecule has 0 aromatic rings. The van der Waals surface area contributed by atoms with Crippen LogP contribution >= 0.6 is 0 Å². The number of nitrogens with one attached hydrogen (secondary N) is 1. The minimum absolute atomic E-state index is 0.0515. The molecule has 3 atom stereocenters. The first-order valence-corrected chi connectivity index (χ1v) is 23.2. The second kappa shape index (κ2) is 43.4. The zero-order chi connectivity index (χ0) is 41.0. The molecule has 0 rings (SSSR count). The molecule has 0 bridgehead atoms. The number of rotatable bonds is 40. The molecule has 0 radical (unpaired) electrons. The van der Waals surface area contributed by atoms with E-state index in [1.807, 2.05) is 6.08 Å². The van der Waals surface area contributed by atoms with Gasteiger partial charge in [0.2, 0.25) is 5.91 Å². The quantitative estimate of drug-likeness (QED) is 0.0327. The molecule has 6 heteroatoms. The molecule has 0 saturated heterocycles. The van der Waals surface area contributed by atoms with E-state index in [-0.39, 0.29) is 24.9 Å². The molecule has 6 nitrogen and oxygen atoms in total. The van der Waals surface area contributed by atoms with Crippen molar-refractivity contribution in [1.29, 1.82) is 0 Å². The van der Waals surface area contributed by atoms with Crippen molar-refractivity contribution < 1.29 is 24.5 Å². The van der Waals surface area contributed by atoms with Crippen molar-refractivity contribution in [2.75, 3.05) is 6.61 Å². The lowest BCUT2D eigenvalue weighted by atomic mass is 10.0. The van der Waals surface area contributed by atoms with Crippen LogP contribution in [-0.4, -0.2) is 46.9 Å². The maximum absolute atomic E-state index is 13.1. The highest BCUT2D eigenvalue weighted by atomic mass is 16.5. The van der Waals surface area contributed by atoms with Crippen LogP contribution in [0.25, 0.3) is 0 Å². The Bertz CT molecular complexity index is 1060. The van der Waals surface area contributed by atoms with Crippen LogP contribution in [0.2, 0.25) is 0 Å². The van der Waals surface area contributed by atoms with E-state index in [0.717, 1.165) is 77.0 Å². The van der Waals surface area contributed by atoms with Crippen molar-refractivity contribution in [2.45, 2.75) is 225 Å². The van der Waals surface area contributed by atoms with E-state index >= 15 is 0 Å². The average Bonchev–Trinajstić information content (AvgIpc) is 3.19. The number of hydrogen-bond acceptors (Lipinski definition) is 5. The predicted octanol–water partition coefficient (Wildman–Crippen LogP) is 13.4. The fourth-order valence-electron chi connectivity index (χ4n) is 6.50. The molecule has 322 valence electrons. The predicted molar refractivity (Wildman–Crippen MR) is 241 cm³/mol.